The summed E-state index contributed by atoms with van der Waals surface area (Å²) in [6.07, 6.45) is 3.03. The summed E-state index contributed by atoms with van der Waals surface area (Å²) in [5.74, 6) is -1.18. The summed E-state index contributed by atoms with van der Waals surface area (Å²) in [4.78, 5) is 15.3. The molecule has 1 atom stereocenters. The van der Waals surface area contributed by atoms with Gasteiger partial charge in [0.2, 0.25) is 0 Å². The van der Waals surface area contributed by atoms with E-state index in [0.29, 0.717) is 12.8 Å². The maximum atomic E-state index is 15.1. The molecule has 3 aromatic carbocycles. The molecule has 0 heterocycles. The van der Waals surface area contributed by atoms with Crippen molar-refractivity contribution in [1.82, 2.24) is 5.32 Å². The smallest absolute Gasteiger partial charge is 0.322 e. The van der Waals surface area contributed by atoms with Crippen molar-refractivity contribution in [2.75, 3.05) is 4.90 Å². The largest absolute Gasteiger partial charge is 0.507 e. The van der Waals surface area contributed by atoms with Crippen molar-refractivity contribution in [2.24, 2.45) is 0 Å². The minimum Gasteiger partial charge on any atom is -0.507 e. The fourth-order valence-electron chi connectivity index (χ4n) is 5.46. The van der Waals surface area contributed by atoms with Crippen LogP contribution in [0.2, 0.25) is 0 Å². The van der Waals surface area contributed by atoms with E-state index in [0.717, 1.165) is 41.2 Å². The zero-order valence-corrected chi connectivity index (χ0v) is 23.9. The van der Waals surface area contributed by atoms with Crippen LogP contribution in [0, 0.1) is 11.6 Å². The van der Waals surface area contributed by atoms with E-state index in [-0.39, 0.29) is 34.9 Å². The summed E-state index contributed by atoms with van der Waals surface area (Å²) >= 11 is 0. The molecule has 1 aliphatic rings. The summed E-state index contributed by atoms with van der Waals surface area (Å²) in [7, 11) is 0. The van der Waals surface area contributed by atoms with E-state index in [1.807, 2.05) is 65.8 Å². The topological polar surface area (TPSA) is 52.6 Å². The predicted octanol–water partition coefficient (Wildman–Crippen LogP) is 7.93. The molecule has 2 amide bonds. The van der Waals surface area contributed by atoms with Crippen LogP contribution < -0.4 is 10.2 Å². The first kappa shape index (κ1) is 28.6. The molecule has 3 aromatic rings. The Labute approximate surface area is 231 Å². The second-order valence-electron chi connectivity index (χ2n) is 12.7. The summed E-state index contributed by atoms with van der Waals surface area (Å²) in [6, 6.07) is 14.6. The molecule has 1 aliphatic carbocycles. The van der Waals surface area contributed by atoms with E-state index in [4.69, 9.17) is 0 Å². The first-order valence-electron chi connectivity index (χ1n) is 13.7. The molecule has 0 saturated heterocycles. The Balaban J connectivity index is 1.68. The number of urea groups is 1. The van der Waals surface area contributed by atoms with Crippen LogP contribution in [0.15, 0.2) is 54.6 Å². The fourth-order valence-corrected chi connectivity index (χ4v) is 5.46. The van der Waals surface area contributed by atoms with Gasteiger partial charge in [-0.2, -0.15) is 0 Å². The van der Waals surface area contributed by atoms with Crippen LogP contribution in [0.25, 0.3) is 0 Å². The van der Waals surface area contributed by atoms with Crippen LogP contribution in [0.5, 0.6) is 5.75 Å². The van der Waals surface area contributed by atoms with Gasteiger partial charge in [-0.25, -0.2) is 13.6 Å². The summed E-state index contributed by atoms with van der Waals surface area (Å²) in [5.41, 5.74) is 4.30. The average molecular weight is 535 g/mol. The predicted molar refractivity (Wildman–Crippen MR) is 153 cm³/mol. The monoisotopic (exact) mass is 534 g/mol. The number of fused-ring (bicyclic) bond motifs is 1. The third-order valence-corrected chi connectivity index (χ3v) is 7.54. The minimum absolute atomic E-state index is 0.0646. The Kier molecular flexibility index (Phi) is 8.06. The molecule has 39 heavy (non-hydrogen) atoms. The number of hydrogen-bond donors (Lipinski definition) is 2. The first-order valence-corrected chi connectivity index (χ1v) is 13.7. The number of phenols is 1. The molecule has 0 fully saturated rings. The lowest BCUT2D eigenvalue weighted by Crippen LogP contribution is -2.47. The standard InChI is InChI=1S/C33H40F2N2O2/c1-32(2,3)26-16-21(17-27(30(26)38)33(4,5)6)20-36-31(39)37(29-15-14-24(34)19-28(29)35)25-13-9-12-22-10-7-8-11-23(22)18-25/h7-8,10-11,14-17,19,25,38H,9,12-13,18,20H2,1-6H3,(H,36,39). The van der Waals surface area contributed by atoms with Crippen LogP contribution in [-0.4, -0.2) is 17.2 Å². The van der Waals surface area contributed by atoms with Gasteiger partial charge in [0.1, 0.15) is 17.4 Å². The lowest BCUT2D eigenvalue weighted by Gasteiger charge is -2.32. The summed E-state index contributed by atoms with van der Waals surface area (Å²) in [5, 5.41) is 14.1. The van der Waals surface area contributed by atoms with Crippen LogP contribution in [0.4, 0.5) is 19.3 Å². The molecule has 208 valence electrons. The van der Waals surface area contributed by atoms with Crippen molar-refractivity contribution >= 4 is 11.7 Å². The van der Waals surface area contributed by atoms with Gasteiger partial charge >= 0.3 is 6.03 Å². The Bertz CT molecular complexity index is 1320. The van der Waals surface area contributed by atoms with Crippen LogP contribution in [-0.2, 0) is 30.2 Å². The summed E-state index contributed by atoms with van der Waals surface area (Å²) in [6.45, 7) is 12.5. The van der Waals surface area contributed by atoms with Crippen molar-refractivity contribution in [3.8, 4) is 5.75 Å². The van der Waals surface area contributed by atoms with Gasteiger partial charge in [0.05, 0.1) is 5.69 Å². The third-order valence-electron chi connectivity index (χ3n) is 7.54. The molecule has 4 rings (SSSR count). The highest BCUT2D eigenvalue weighted by Crippen LogP contribution is 2.40. The van der Waals surface area contributed by atoms with Crippen molar-refractivity contribution in [3.05, 3.63) is 94.0 Å². The Hall–Kier alpha value is -3.41. The number of carbonyl (C=O) groups excluding carboxylic acids is 1. The highest BCUT2D eigenvalue weighted by molar-refractivity contribution is 5.92. The van der Waals surface area contributed by atoms with Crippen LogP contribution in [0.1, 0.15) is 82.2 Å². The Morgan fingerprint density at radius 3 is 2.15 bits per heavy atom. The molecule has 0 spiro atoms. The second kappa shape index (κ2) is 11.0. The van der Waals surface area contributed by atoms with E-state index in [1.54, 1.807) is 0 Å². The molecule has 6 heteroatoms. The molecule has 1 unspecified atom stereocenters. The number of rotatable bonds is 4. The van der Waals surface area contributed by atoms with Gasteiger partial charge in [0.25, 0.3) is 0 Å². The van der Waals surface area contributed by atoms with Crippen LogP contribution in [0.3, 0.4) is 0 Å². The Morgan fingerprint density at radius 2 is 1.56 bits per heavy atom. The number of aryl methyl sites for hydroxylation is 1. The van der Waals surface area contributed by atoms with Gasteiger partial charge in [-0.05, 0) is 88.6 Å². The molecule has 4 nitrogen and oxygen atoms in total. The van der Waals surface area contributed by atoms with Gasteiger partial charge in [0.15, 0.2) is 0 Å². The minimum atomic E-state index is -0.766. The molecule has 0 aromatic heterocycles. The van der Waals surface area contributed by atoms with Gasteiger partial charge in [0, 0.05) is 18.7 Å². The van der Waals surface area contributed by atoms with Crippen molar-refractivity contribution < 1.29 is 18.7 Å². The van der Waals surface area contributed by atoms with Crippen molar-refractivity contribution in [3.63, 3.8) is 0 Å². The summed E-state index contributed by atoms with van der Waals surface area (Å²) < 4.78 is 28.9. The van der Waals surface area contributed by atoms with E-state index in [2.05, 4.69) is 17.4 Å². The lowest BCUT2D eigenvalue weighted by atomic mass is 9.78. The average Bonchev–Trinajstić information content (AvgIpc) is 3.05. The second-order valence-corrected chi connectivity index (χ2v) is 12.7. The molecule has 0 radical (unpaired) electrons. The maximum Gasteiger partial charge on any atom is 0.322 e. The number of nitrogens with one attached hydrogen (secondary N) is 1. The zero-order chi connectivity index (χ0) is 28.5. The fraction of sp³-hybridized carbons (Fsp3) is 0.424. The van der Waals surface area contributed by atoms with Crippen molar-refractivity contribution in [1.29, 1.82) is 0 Å². The lowest BCUT2D eigenvalue weighted by molar-refractivity contribution is 0.242. The maximum absolute atomic E-state index is 15.1. The highest BCUT2D eigenvalue weighted by atomic mass is 19.1. The number of aromatic hydroxyl groups is 1. The van der Waals surface area contributed by atoms with Crippen LogP contribution >= 0.6 is 0 Å². The quantitative estimate of drug-likeness (QED) is 0.334. The number of nitrogens with zero attached hydrogens (tertiary/aromatic N) is 1. The molecule has 2 N–H and O–H groups in total. The zero-order valence-electron chi connectivity index (χ0n) is 23.9. The SMILES string of the molecule is CC(C)(C)c1cc(CNC(=O)N(c2ccc(F)cc2F)C2CCCc3ccccc3C2)cc(C(C)(C)C)c1O. The number of hydrogen-bond acceptors (Lipinski definition) is 2. The number of carbonyl (C=O) groups is 1. The van der Waals surface area contributed by atoms with E-state index < -0.39 is 17.7 Å². The highest BCUT2D eigenvalue weighted by Gasteiger charge is 2.31. The number of amides is 2. The molecule has 0 bridgehead atoms. The van der Waals surface area contributed by atoms with Gasteiger partial charge in [-0.1, -0.05) is 65.8 Å². The van der Waals surface area contributed by atoms with Gasteiger partial charge in [-0.3, -0.25) is 4.90 Å². The van der Waals surface area contributed by atoms with E-state index in [1.165, 1.54) is 22.6 Å². The van der Waals surface area contributed by atoms with Gasteiger partial charge in [-0.15, -0.1) is 0 Å². The molecule has 0 aliphatic heterocycles. The molecule has 0 saturated carbocycles. The first-order chi connectivity index (χ1) is 18.3. The molecular weight excluding hydrogens is 494 g/mol. The van der Waals surface area contributed by atoms with E-state index in [9.17, 15) is 14.3 Å². The number of phenolic OH excluding ortho intramolecular Hbond substituents is 1. The van der Waals surface area contributed by atoms with Gasteiger partial charge < -0.3 is 10.4 Å². The number of benzene rings is 3. The van der Waals surface area contributed by atoms with Crippen molar-refractivity contribution in [2.45, 2.75) is 90.6 Å². The Morgan fingerprint density at radius 1 is 0.949 bits per heavy atom. The third kappa shape index (κ3) is 6.43. The number of anilines is 1. The van der Waals surface area contributed by atoms with E-state index >= 15 is 4.39 Å². The number of halogens is 2. The molecular formula is C33H40F2N2O2. The normalized spacial score (nSPS) is 15.8.